The van der Waals surface area contributed by atoms with Gasteiger partial charge in [0.05, 0.1) is 11.4 Å². The molecule has 1 aromatic heterocycles. The van der Waals surface area contributed by atoms with Crippen molar-refractivity contribution in [2.75, 3.05) is 5.32 Å². The standard InChI is InChI=1S/C15H15F4N3O2/c1-8-3-4-12(24-15(18)19)10(5-8)20-13(23)7-22-11(14(16)17)6-9(2)21-22/h3-6,14-15H,7H2,1-2H3,(H,20,23). The number of aryl methyl sites for hydroxylation is 2. The summed E-state index contributed by atoms with van der Waals surface area (Å²) in [5.41, 5.74) is 0.684. The summed E-state index contributed by atoms with van der Waals surface area (Å²) >= 11 is 0. The average Bonchev–Trinajstić information content (AvgIpc) is 2.82. The van der Waals surface area contributed by atoms with E-state index in [1.54, 1.807) is 13.0 Å². The fourth-order valence-corrected chi connectivity index (χ4v) is 2.13. The lowest BCUT2D eigenvalue weighted by atomic mass is 10.2. The van der Waals surface area contributed by atoms with E-state index < -0.39 is 31.2 Å². The molecule has 130 valence electrons. The molecule has 0 unspecified atom stereocenters. The number of anilines is 1. The van der Waals surface area contributed by atoms with Gasteiger partial charge in [-0.2, -0.15) is 13.9 Å². The minimum Gasteiger partial charge on any atom is -0.433 e. The Bertz CT molecular complexity index is 732. The number of halogens is 4. The fourth-order valence-electron chi connectivity index (χ4n) is 2.13. The Balaban J connectivity index is 2.17. The summed E-state index contributed by atoms with van der Waals surface area (Å²) in [6.07, 6.45) is -2.78. The molecule has 0 aliphatic heterocycles. The zero-order valence-corrected chi connectivity index (χ0v) is 12.9. The highest BCUT2D eigenvalue weighted by Crippen LogP contribution is 2.27. The van der Waals surface area contributed by atoms with Crippen LogP contribution in [0, 0.1) is 13.8 Å². The summed E-state index contributed by atoms with van der Waals surface area (Å²) in [4.78, 5) is 12.1. The molecule has 0 fully saturated rings. The first-order chi connectivity index (χ1) is 11.3. The first-order valence-electron chi connectivity index (χ1n) is 6.94. The van der Waals surface area contributed by atoms with Gasteiger partial charge >= 0.3 is 6.61 Å². The van der Waals surface area contributed by atoms with Crippen molar-refractivity contribution in [2.45, 2.75) is 33.4 Å². The molecule has 0 aliphatic rings. The van der Waals surface area contributed by atoms with Gasteiger partial charge in [0.1, 0.15) is 18.0 Å². The second-order valence-corrected chi connectivity index (χ2v) is 5.10. The molecule has 0 radical (unpaired) electrons. The van der Waals surface area contributed by atoms with E-state index in [-0.39, 0.29) is 11.4 Å². The van der Waals surface area contributed by atoms with E-state index in [0.717, 1.165) is 4.68 Å². The molecular formula is C15H15F4N3O2. The zero-order chi connectivity index (χ0) is 17.9. The van der Waals surface area contributed by atoms with Crippen LogP contribution in [0.5, 0.6) is 5.75 Å². The van der Waals surface area contributed by atoms with Gasteiger partial charge < -0.3 is 10.1 Å². The van der Waals surface area contributed by atoms with E-state index in [4.69, 9.17) is 0 Å². The smallest absolute Gasteiger partial charge is 0.387 e. The molecule has 5 nitrogen and oxygen atoms in total. The molecule has 0 saturated heterocycles. The number of nitrogens with zero attached hydrogens (tertiary/aromatic N) is 2. The van der Waals surface area contributed by atoms with Crippen LogP contribution in [-0.2, 0) is 11.3 Å². The summed E-state index contributed by atoms with van der Waals surface area (Å²) in [5, 5.41) is 6.20. The van der Waals surface area contributed by atoms with E-state index in [0.29, 0.717) is 11.3 Å². The number of carbonyl (C=O) groups is 1. The van der Waals surface area contributed by atoms with Gasteiger partial charge in [0.15, 0.2) is 0 Å². The molecule has 0 bridgehead atoms. The van der Waals surface area contributed by atoms with Crippen molar-refractivity contribution in [1.82, 2.24) is 9.78 Å². The number of nitrogens with one attached hydrogen (secondary N) is 1. The largest absolute Gasteiger partial charge is 0.433 e. The van der Waals surface area contributed by atoms with E-state index >= 15 is 0 Å². The highest BCUT2D eigenvalue weighted by atomic mass is 19.3. The van der Waals surface area contributed by atoms with Crippen LogP contribution < -0.4 is 10.1 Å². The van der Waals surface area contributed by atoms with E-state index in [1.165, 1.54) is 25.1 Å². The maximum atomic E-state index is 12.9. The third-order valence-electron chi connectivity index (χ3n) is 3.08. The minimum atomic E-state index is -3.05. The summed E-state index contributed by atoms with van der Waals surface area (Å²) in [7, 11) is 0. The molecule has 0 saturated carbocycles. The van der Waals surface area contributed by atoms with Crippen molar-refractivity contribution >= 4 is 11.6 Å². The monoisotopic (exact) mass is 345 g/mol. The highest BCUT2D eigenvalue weighted by Gasteiger charge is 2.18. The molecule has 0 atom stereocenters. The second-order valence-electron chi connectivity index (χ2n) is 5.10. The lowest BCUT2D eigenvalue weighted by Gasteiger charge is -2.13. The fraction of sp³-hybridized carbons (Fsp3) is 0.333. The maximum absolute atomic E-state index is 12.9. The second kappa shape index (κ2) is 7.33. The van der Waals surface area contributed by atoms with Gasteiger partial charge in [-0.05, 0) is 37.6 Å². The van der Waals surface area contributed by atoms with Gasteiger partial charge in [-0.15, -0.1) is 0 Å². The first-order valence-corrected chi connectivity index (χ1v) is 6.94. The van der Waals surface area contributed by atoms with Crippen LogP contribution >= 0.6 is 0 Å². The average molecular weight is 345 g/mol. The molecule has 24 heavy (non-hydrogen) atoms. The molecule has 9 heteroatoms. The molecule has 2 rings (SSSR count). The summed E-state index contributed by atoms with van der Waals surface area (Å²) < 4.78 is 55.8. The first kappa shape index (κ1) is 17.8. The number of aromatic nitrogens is 2. The van der Waals surface area contributed by atoms with Crippen LogP contribution in [0.4, 0.5) is 23.2 Å². The molecule has 0 spiro atoms. The van der Waals surface area contributed by atoms with Gasteiger partial charge in [-0.3, -0.25) is 9.48 Å². The van der Waals surface area contributed by atoms with Crippen LogP contribution in [0.1, 0.15) is 23.4 Å². The van der Waals surface area contributed by atoms with E-state index in [1.807, 2.05) is 0 Å². The number of carbonyl (C=O) groups excluding carboxylic acids is 1. The maximum Gasteiger partial charge on any atom is 0.387 e. The Labute approximate surface area is 135 Å². The number of benzene rings is 1. The SMILES string of the molecule is Cc1ccc(OC(F)F)c(NC(=O)Cn2nc(C)cc2C(F)F)c1. The normalized spacial score (nSPS) is 11.2. The molecular weight excluding hydrogens is 330 g/mol. The Morgan fingerprint density at radius 3 is 2.58 bits per heavy atom. The zero-order valence-electron chi connectivity index (χ0n) is 12.9. The Morgan fingerprint density at radius 1 is 1.25 bits per heavy atom. The predicted molar refractivity (Wildman–Crippen MR) is 78.4 cm³/mol. The lowest BCUT2D eigenvalue weighted by Crippen LogP contribution is -2.21. The third-order valence-corrected chi connectivity index (χ3v) is 3.08. The van der Waals surface area contributed by atoms with Crippen molar-refractivity contribution in [3.63, 3.8) is 0 Å². The van der Waals surface area contributed by atoms with Crippen molar-refractivity contribution in [2.24, 2.45) is 0 Å². The third kappa shape index (κ3) is 4.46. The lowest BCUT2D eigenvalue weighted by molar-refractivity contribution is -0.117. The summed E-state index contributed by atoms with van der Waals surface area (Å²) in [6.45, 7) is -0.305. The number of amides is 1. The highest BCUT2D eigenvalue weighted by molar-refractivity contribution is 5.92. The van der Waals surface area contributed by atoms with Crippen molar-refractivity contribution in [3.8, 4) is 5.75 Å². The number of alkyl halides is 4. The molecule has 1 heterocycles. The van der Waals surface area contributed by atoms with Gasteiger partial charge in [0.25, 0.3) is 6.43 Å². The minimum absolute atomic E-state index is 0.0303. The number of ether oxygens (including phenoxy) is 1. The van der Waals surface area contributed by atoms with E-state index in [9.17, 15) is 22.4 Å². The Kier molecular flexibility index (Phi) is 5.42. The van der Waals surface area contributed by atoms with E-state index in [2.05, 4.69) is 15.2 Å². The summed E-state index contributed by atoms with van der Waals surface area (Å²) in [5.74, 6) is -0.903. The van der Waals surface area contributed by atoms with Crippen LogP contribution in [0.3, 0.4) is 0 Å². The summed E-state index contributed by atoms with van der Waals surface area (Å²) in [6, 6.07) is 5.45. The van der Waals surface area contributed by atoms with Gasteiger partial charge in [0, 0.05) is 0 Å². The number of hydrogen-bond donors (Lipinski definition) is 1. The quantitative estimate of drug-likeness (QED) is 0.813. The Morgan fingerprint density at radius 2 is 1.96 bits per heavy atom. The number of rotatable bonds is 6. The molecule has 1 amide bonds. The van der Waals surface area contributed by atoms with Crippen molar-refractivity contribution in [3.05, 3.63) is 41.2 Å². The Hall–Kier alpha value is -2.58. The molecule has 1 N–H and O–H groups in total. The number of hydrogen-bond acceptors (Lipinski definition) is 3. The van der Waals surface area contributed by atoms with Crippen LogP contribution in [0.15, 0.2) is 24.3 Å². The van der Waals surface area contributed by atoms with Crippen molar-refractivity contribution in [1.29, 1.82) is 0 Å². The van der Waals surface area contributed by atoms with Crippen LogP contribution in [0.25, 0.3) is 0 Å². The van der Waals surface area contributed by atoms with Gasteiger partial charge in [0.2, 0.25) is 5.91 Å². The van der Waals surface area contributed by atoms with Gasteiger partial charge in [-0.1, -0.05) is 6.07 Å². The molecule has 0 aliphatic carbocycles. The van der Waals surface area contributed by atoms with Crippen molar-refractivity contribution < 1.29 is 27.1 Å². The van der Waals surface area contributed by atoms with Gasteiger partial charge in [-0.25, -0.2) is 8.78 Å². The molecule has 1 aromatic carbocycles. The topological polar surface area (TPSA) is 56.1 Å². The predicted octanol–water partition coefficient (Wildman–Crippen LogP) is 3.68. The molecule has 2 aromatic rings. The van der Waals surface area contributed by atoms with Crippen LogP contribution in [0.2, 0.25) is 0 Å². The van der Waals surface area contributed by atoms with Crippen LogP contribution in [-0.4, -0.2) is 22.3 Å².